The molecule has 98 valence electrons. The smallest absolute Gasteiger partial charge is 0.139 e. The Morgan fingerprint density at radius 2 is 2.00 bits per heavy atom. The summed E-state index contributed by atoms with van der Waals surface area (Å²) in [6.07, 6.45) is 4.04. The van der Waals surface area contributed by atoms with E-state index in [1.54, 1.807) is 6.07 Å². The van der Waals surface area contributed by atoms with Crippen molar-refractivity contribution in [1.82, 2.24) is 5.32 Å². The van der Waals surface area contributed by atoms with Gasteiger partial charge in [-0.15, -0.1) is 0 Å². The van der Waals surface area contributed by atoms with Crippen molar-refractivity contribution in [2.75, 3.05) is 13.1 Å². The molecule has 0 aromatic heterocycles. The Morgan fingerprint density at radius 3 is 2.67 bits per heavy atom. The summed E-state index contributed by atoms with van der Waals surface area (Å²) in [6.45, 7) is 2.15. The Hall–Kier alpha value is -0.440. The van der Waals surface area contributed by atoms with Crippen molar-refractivity contribution in [2.24, 2.45) is 11.8 Å². The zero-order valence-corrected chi connectivity index (χ0v) is 11.7. The predicted octanol–water partition coefficient (Wildman–Crippen LogP) is 3.76. The van der Waals surface area contributed by atoms with Crippen LogP contribution in [0.25, 0.3) is 0 Å². The lowest BCUT2D eigenvalue weighted by Gasteiger charge is -2.25. The average Bonchev–Trinajstić information content (AvgIpc) is 3.06. The second-order valence-corrected chi connectivity index (χ2v) is 6.01. The monoisotopic (exact) mass is 285 g/mol. The lowest BCUT2D eigenvalue weighted by atomic mass is 9.97. The molecule has 1 aliphatic carbocycles. The highest BCUT2D eigenvalue weighted by Gasteiger charge is 2.39. The fourth-order valence-corrected chi connectivity index (χ4v) is 3.02. The summed E-state index contributed by atoms with van der Waals surface area (Å²) in [5, 5.41) is 4.51. The van der Waals surface area contributed by atoms with Gasteiger partial charge < -0.3 is 10.1 Å². The van der Waals surface area contributed by atoms with Gasteiger partial charge >= 0.3 is 0 Å². The molecule has 1 aromatic carbocycles. The van der Waals surface area contributed by atoms with Crippen molar-refractivity contribution in [3.8, 4) is 5.75 Å². The van der Waals surface area contributed by atoms with Gasteiger partial charge in [0, 0.05) is 12.5 Å². The van der Waals surface area contributed by atoms with Gasteiger partial charge in [-0.05, 0) is 43.9 Å². The van der Waals surface area contributed by atoms with E-state index in [0.29, 0.717) is 21.9 Å². The number of nitrogens with one attached hydrogen (secondary N) is 1. The van der Waals surface area contributed by atoms with Crippen LogP contribution in [0.2, 0.25) is 10.0 Å². The van der Waals surface area contributed by atoms with Crippen molar-refractivity contribution >= 4 is 23.2 Å². The summed E-state index contributed by atoms with van der Waals surface area (Å²) in [5.41, 5.74) is 0. The molecule has 4 heteroatoms. The van der Waals surface area contributed by atoms with E-state index in [1.165, 1.54) is 19.3 Å². The third-order valence-electron chi connectivity index (χ3n) is 3.83. The summed E-state index contributed by atoms with van der Waals surface area (Å²) < 4.78 is 6.18. The lowest BCUT2D eigenvalue weighted by molar-refractivity contribution is 0.121. The highest BCUT2D eigenvalue weighted by Crippen LogP contribution is 2.41. The summed E-state index contributed by atoms with van der Waals surface area (Å²) in [7, 11) is 0. The van der Waals surface area contributed by atoms with Crippen molar-refractivity contribution in [2.45, 2.75) is 25.4 Å². The van der Waals surface area contributed by atoms with Crippen molar-refractivity contribution in [1.29, 1.82) is 0 Å². The quantitative estimate of drug-likeness (QED) is 0.910. The molecule has 1 aromatic rings. The van der Waals surface area contributed by atoms with Crippen LogP contribution in [0, 0.1) is 11.8 Å². The van der Waals surface area contributed by atoms with E-state index in [2.05, 4.69) is 5.32 Å². The van der Waals surface area contributed by atoms with Gasteiger partial charge in [-0.1, -0.05) is 29.3 Å². The zero-order valence-electron chi connectivity index (χ0n) is 10.2. The number of benzene rings is 1. The first-order valence-electron chi connectivity index (χ1n) is 6.57. The molecule has 0 amide bonds. The van der Waals surface area contributed by atoms with E-state index in [1.807, 2.05) is 12.1 Å². The van der Waals surface area contributed by atoms with Crippen LogP contribution in [0.15, 0.2) is 18.2 Å². The first kappa shape index (κ1) is 12.6. The molecule has 2 nitrogen and oxygen atoms in total. The molecule has 1 heterocycles. The largest absolute Gasteiger partial charge is 0.488 e. The lowest BCUT2D eigenvalue weighted by Crippen LogP contribution is -2.30. The maximum Gasteiger partial charge on any atom is 0.139 e. The summed E-state index contributed by atoms with van der Waals surface area (Å²) in [6, 6.07) is 5.59. The Balaban J connectivity index is 1.77. The van der Waals surface area contributed by atoms with E-state index in [9.17, 15) is 0 Å². The van der Waals surface area contributed by atoms with E-state index in [-0.39, 0.29) is 6.10 Å². The molecule has 1 N–H and O–H groups in total. The van der Waals surface area contributed by atoms with Crippen LogP contribution in [0.5, 0.6) is 5.75 Å². The topological polar surface area (TPSA) is 21.3 Å². The summed E-state index contributed by atoms with van der Waals surface area (Å²) in [4.78, 5) is 0. The predicted molar refractivity (Wildman–Crippen MR) is 74.6 cm³/mol. The minimum Gasteiger partial charge on any atom is -0.488 e. The van der Waals surface area contributed by atoms with Gasteiger partial charge in [0.1, 0.15) is 16.9 Å². The molecule has 0 spiro atoms. The minimum absolute atomic E-state index is 0.288. The number of hydrogen-bond acceptors (Lipinski definition) is 2. The van der Waals surface area contributed by atoms with Gasteiger partial charge in [0.2, 0.25) is 0 Å². The molecule has 0 bridgehead atoms. The summed E-state index contributed by atoms with van der Waals surface area (Å²) in [5.74, 6) is 2.03. The highest BCUT2D eigenvalue weighted by atomic mass is 35.5. The van der Waals surface area contributed by atoms with Gasteiger partial charge in [-0.3, -0.25) is 0 Å². The molecule has 0 radical (unpaired) electrons. The van der Waals surface area contributed by atoms with Crippen LogP contribution < -0.4 is 10.1 Å². The van der Waals surface area contributed by atoms with E-state index in [0.717, 1.165) is 18.8 Å². The fourth-order valence-electron chi connectivity index (χ4n) is 2.68. The molecule has 1 saturated carbocycles. The Bertz CT molecular complexity index is 428. The fraction of sp³-hybridized carbons (Fsp3) is 0.571. The molecular weight excluding hydrogens is 269 g/mol. The molecule has 2 aliphatic rings. The van der Waals surface area contributed by atoms with Gasteiger partial charge in [-0.2, -0.15) is 0 Å². The van der Waals surface area contributed by atoms with Crippen LogP contribution in [0.4, 0.5) is 0 Å². The van der Waals surface area contributed by atoms with Crippen LogP contribution in [0.3, 0.4) is 0 Å². The number of hydrogen-bond donors (Lipinski definition) is 1. The molecule has 0 unspecified atom stereocenters. The van der Waals surface area contributed by atoms with E-state index < -0.39 is 0 Å². The number of halogens is 2. The molecule has 1 aliphatic heterocycles. The third kappa shape index (κ3) is 2.61. The van der Waals surface area contributed by atoms with Crippen LogP contribution >= 0.6 is 23.2 Å². The second kappa shape index (κ2) is 5.28. The van der Waals surface area contributed by atoms with Crippen LogP contribution in [-0.4, -0.2) is 19.2 Å². The number of ether oxygens (including phenoxy) is 1. The maximum atomic E-state index is 6.20. The first-order valence-corrected chi connectivity index (χ1v) is 7.32. The van der Waals surface area contributed by atoms with Crippen molar-refractivity contribution < 1.29 is 4.74 Å². The van der Waals surface area contributed by atoms with E-state index in [4.69, 9.17) is 27.9 Å². The molecule has 2 atom stereocenters. The molecule has 3 rings (SSSR count). The SMILES string of the molecule is Clc1cccc(O[C@@H](C2CC2)[C@@H]2CCNC2)c1Cl. The summed E-state index contributed by atoms with van der Waals surface area (Å²) >= 11 is 12.2. The molecule has 2 fully saturated rings. The van der Waals surface area contributed by atoms with Crippen molar-refractivity contribution in [3.05, 3.63) is 28.2 Å². The minimum atomic E-state index is 0.288. The van der Waals surface area contributed by atoms with Gasteiger partial charge in [-0.25, -0.2) is 0 Å². The van der Waals surface area contributed by atoms with E-state index >= 15 is 0 Å². The van der Waals surface area contributed by atoms with Crippen LogP contribution in [0.1, 0.15) is 19.3 Å². The Labute approximate surface area is 118 Å². The third-order valence-corrected chi connectivity index (χ3v) is 4.63. The molecular formula is C14H17Cl2NO. The molecule has 1 saturated heterocycles. The maximum absolute atomic E-state index is 6.20. The van der Waals surface area contributed by atoms with Crippen molar-refractivity contribution in [3.63, 3.8) is 0 Å². The number of rotatable bonds is 4. The normalized spacial score (nSPS) is 25.1. The van der Waals surface area contributed by atoms with Gasteiger partial charge in [0.15, 0.2) is 0 Å². The zero-order chi connectivity index (χ0) is 12.5. The average molecular weight is 286 g/mol. The Kier molecular flexibility index (Phi) is 3.69. The Morgan fingerprint density at radius 1 is 1.17 bits per heavy atom. The standard InChI is InChI=1S/C14H17Cl2NO/c15-11-2-1-3-12(13(11)16)18-14(9-4-5-9)10-6-7-17-8-10/h1-3,9-10,14,17H,4-8H2/t10-,14+/m1/s1. The van der Waals surface area contributed by atoms with Crippen LogP contribution in [-0.2, 0) is 0 Å². The first-order chi connectivity index (χ1) is 8.75. The van der Waals surface area contributed by atoms with Gasteiger partial charge in [0.05, 0.1) is 5.02 Å². The second-order valence-electron chi connectivity index (χ2n) is 5.22. The van der Waals surface area contributed by atoms with Gasteiger partial charge in [0.25, 0.3) is 0 Å². The molecule has 18 heavy (non-hydrogen) atoms. The highest BCUT2D eigenvalue weighted by molar-refractivity contribution is 6.42.